The van der Waals surface area contributed by atoms with Crippen LogP contribution in [0.3, 0.4) is 0 Å². The van der Waals surface area contributed by atoms with Gasteiger partial charge in [-0.25, -0.2) is 4.98 Å². The molecule has 3 rings (SSSR count). The van der Waals surface area contributed by atoms with Gasteiger partial charge in [0.15, 0.2) is 0 Å². The maximum Gasteiger partial charge on any atom is 0.139 e. The van der Waals surface area contributed by atoms with Crippen LogP contribution in [0, 0.1) is 12.3 Å². The first-order valence-electron chi connectivity index (χ1n) is 7.72. The molecule has 1 N–H and O–H groups in total. The molecule has 2 aromatic heterocycles. The van der Waals surface area contributed by atoms with Crippen molar-refractivity contribution >= 4 is 11.5 Å². The molecule has 0 spiro atoms. The Balaban J connectivity index is 2.10. The second-order valence-corrected chi connectivity index (χ2v) is 7.02. The predicted octanol–water partition coefficient (Wildman–Crippen LogP) is 4.77. The summed E-state index contributed by atoms with van der Waals surface area (Å²) in [5.41, 5.74) is 4.59. The molecule has 0 aliphatic carbocycles. The summed E-state index contributed by atoms with van der Waals surface area (Å²) in [6.07, 6.45) is 2.06. The largest absolute Gasteiger partial charge is 0.369 e. The number of nitrogens with zero attached hydrogens (tertiary/aromatic N) is 2. The molecule has 3 heteroatoms. The quantitative estimate of drug-likeness (QED) is 0.754. The van der Waals surface area contributed by atoms with Crippen LogP contribution in [0.4, 0.5) is 5.82 Å². The molecule has 0 radical (unpaired) electrons. The summed E-state index contributed by atoms with van der Waals surface area (Å²) in [5, 5.41) is 3.59. The maximum absolute atomic E-state index is 4.81. The molecule has 0 unspecified atom stereocenters. The van der Waals surface area contributed by atoms with E-state index in [1.54, 1.807) is 0 Å². The zero-order valence-corrected chi connectivity index (χ0v) is 13.7. The Kier molecular flexibility index (Phi) is 3.65. The summed E-state index contributed by atoms with van der Waals surface area (Å²) in [6, 6.07) is 14.6. The topological polar surface area (TPSA) is 29.3 Å². The number of aromatic nitrogens is 2. The van der Waals surface area contributed by atoms with E-state index in [0.717, 1.165) is 29.3 Å². The van der Waals surface area contributed by atoms with Crippen molar-refractivity contribution in [2.75, 3.05) is 11.9 Å². The second-order valence-electron chi connectivity index (χ2n) is 7.02. The van der Waals surface area contributed by atoms with Gasteiger partial charge in [-0.05, 0) is 24.5 Å². The number of aryl methyl sites for hydroxylation is 1. The summed E-state index contributed by atoms with van der Waals surface area (Å²) in [5.74, 6) is 1.06. The Morgan fingerprint density at radius 3 is 2.45 bits per heavy atom. The van der Waals surface area contributed by atoms with Gasteiger partial charge in [0.25, 0.3) is 0 Å². The van der Waals surface area contributed by atoms with E-state index in [4.69, 9.17) is 4.98 Å². The third kappa shape index (κ3) is 2.98. The van der Waals surface area contributed by atoms with Gasteiger partial charge < -0.3 is 5.32 Å². The molecule has 0 saturated heterocycles. The van der Waals surface area contributed by atoms with Crippen molar-refractivity contribution in [3.8, 4) is 11.3 Å². The predicted molar refractivity (Wildman–Crippen MR) is 93.3 cm³/mol. The van der Waals surface area contributed by atoms with Gasteiger partial charge in [-0.1, -0.05) is 56.7 Å². The average Bonchev–Trinajstić information content (AvgIpc) is 2.84. The smallest absolute Gasteiger partial charge is 0.139 e. The van der Waals surface area contributed by atoms with E-state index in [9.17, 15) is 0 Å². The number of nitrogens with one attached hydrogen (secondary N) is 1. The van der Waals surface area contributed by atoms with Crippen LogP contribution >= 0.6 is 0 Å². The highest BCUT2D eigenvalue weighted by Gasteiger charge is 2.16. The van der Waals surface area contributed by atoms with Crippen LogP contribution in [0.2, 0.25) is 0 Å². The fourth-order valence-electron chi connectivity index (χ4n) is 2.43. The van der Waals surface area contributed by atoms with Gasteiger partial charge in [0, 0.05) is 18.3 Å². The lowest BCUT2D eigenvalue weighted by molar-refractivity contribution is 0.442. The molecule has 114 valence electrons. The van der Waals surface area contributed by atoms with Crippen LogP contribution < -0.4 is 5.32 Å². The van der Waals surface area contributed by atoms with Gasteiger partial charge in [0.05, 0.1) is 0 Å². The molecule has 0 saturated carbocycles. The normalized spacial score (nSPS) is 11.8. The molecule has 1 aromatic carbocycles. The Morgan fingerprint density at radius 1 is 1.05 bits per heavy atom. The summed E-state index contributed by atoms with van der Waals surface area (Å²) in [4.78, 5) is 4.81. The van der Waals surface area contributed by atoms with Crippen LogP contribution in [-0.4, -0.2) is 15.9 Å². The molecule has 0 aliphatic rings. The lowest BCUT2D eigenvalue weighted by atomic mass is 9.97. The number of rotatable bonds is 3. The van der Waals surface area contributed by atoms with Crippen LogP contribution in [0.15, 0.2) is 48.7 Å². The van der Waals surface area contributed by atoms with Crippen molar-refractivity contribution in [3.63, 3.8) is 0 Å². The molecule has 22 heavy (non-hydrogen) atoms. The molecule has 2 heterocycles. The fourth-order valence-corrected chi connectivity index (χ4v) is 2.43. The lowest BCUT2D eigenvalue weighted by Gasteiger charge is -2.20. The minimum atomic E-state index is 0.212. The van der Waals surface area contributed by atoms with E-state index in [1.807, 2.05) is 18.2 Å². The Morgan fingerprint density at radius 2 is 1.77 bits per heavy atom. The number of fused-ring (bicyclic) bond motifs is 1. The van der Waals surface area contributed by atoms with Gasteiger partial charge in [0.1, 0.15) is 17.2 Å². The minimum absolute atomic E-state index is 0.212. The average molecular weight is 293 g/mol. The molecule has 3 aromatic rings. The molecule has 0 atom stereocenters. The Hall–Kier alpha value is -2.29. The summed E-state index contributed by atoms with van der Waals surface area (Å²) in [6.45, 7) is 9.69. The van der Waals surface area contributed by atoms with E-state index in [1.165, 1.54) is 5.56 Å². The van der Waals surface area contributed by atoms with Crippen molar-refractivity contribution < 1.29 is 0 Å². The lowest BCUT2D eigenvalue weighted by Crippen LogP contribution is -2.20. The standard InChI is InChI=1S/C19H23N3/c1-14-8-10-15(11-9-14)17-18(20-13-19(2,3)4)22-12-6-5-7-16(22)21-17/h5-12,20H,13H2,1-4H3. The van der Waals surface area contributed by atoms with E-state index in [0.29, 0.717) is 0 Å². The number of pyridine rings is 1. The SMILES string of the molecule is Cc1ccc(-c2nc3ccccn3c2NCC(C)(C)C)cc1. The molecule has 0 amide bonds. The second kappa shape index (κ2) is 5.48. The van der Waals surface area contributed by atoms with Crippen molar-refractivity contribution in [2.45, 2.75) is 27.7 Å². The van der Waals surface area contributed by atoms with Crippen molar-refractivity contribution in [1.29, 1.82) is 0 Å². The van der Waals surface area contributed by atoms with Crippen LogP contribution in [0.5, 0.6) is 0 Å². The zero-order valence-electron chi connectivity index (χ0n) is 13.7. The highest BCUT2D eigenvalue weighted by Crippen LogP contribution is 2.29. The highest BCUT2D eigenvalue weighted by atomic mass is 15.1. The first-order chi connectivity index (χ1) is 10.4. The van der Waals surface area contributed by atoms with Crippen molar-refractivity contribution in [1.82, 2.24) is 9.38 Å². The van der Waals surface area contributed by atoms with Crippen molar-refractivity contribution in [2.24, 2.45) is 5.41 Å². The van der Waals surface area contributed by atoms with Gasteiger partial charge in [-0.3, -0.25) is 4.40 Å². The van der Waals surface area contributed by atoms with Crippen LogP contribution in [0.25, 0.3) is 16.9 Å². The molecule has 0 aliphatic heterocycles. The summed E-state index contributed by atoms with van der Waals surface area (Å²) in [7, 11) is 0. The van der Waals surface area contributed by atoms with Crippen LogP contribution in [-0.2, 0) is 0 Å². The number of imidazole rings is 1. The summed E-state index contributed by atoms with van der Waals surface area (Å²) < 4.78 is 2.13. The number of hydrogen-bond donors (Lipinski definition) is 1. The molecule has 0 bridgehead atoms. The van der Waals surface area contributed by atoms with Gasteiger partial charge >= 0.3 is 0 Å². The van der Waals surface area contributed by atoms with Crippen LogP contribution in [0.1, 0.15) is 26.3 Å². The van der Waals surface area contributed by atoms with E-state index in [2.05, 4.69) is 67.9 Å². The zero-order chi connectivity index (χ0) is 15.7. The first-order valence-corrected chi connectivity index (χ1v) is 7.72. The van der Waals surface area contributed by atoms with Gasteiger partial charge in [0.2, 0.25) is 0 Å². The molecule has 3 nitrogen and oxygen atoms in total. The third-order valence-electron chi connectivity index (χ3n) is 3.64. The first kappa shape index (κ1) is 14.6. The molecular weight excluding hydrogens is 270 g/mol. The number of hydrogen-bond acceptors (Lipinski definition) is 2. The van der Waals surface area contributed by atoms with Gasteiger partial charge in [-0.15, -0.1) is 0 Å². The monoisotopic (exact) mass is 293 g/mol. The Bertz CT molecular complexity index is 777. The molecule has 0 fully saturated rings. The maximum atomic E-state index is 4.81. The molecular formula is C19H23N3. The summed E-state index contributed by atoms with van der Waals surface area (Å²) >= 11 is 0. The third-order valence-corrected chi connectivity index (χ3v) is 3.64. The van der Waals surface area contributed by atoms with E-state index >= 15 is 0 Å². The minimum Gasteiger partial charge on any atom is -0.369 e. The van der Waals surface area contributed by atoms with Gasteiger partial charge in [-0.2, -0.15) is 0 Å². The Labute approximate surface area is 132 Å². The fraction of sp³-hybridized carbons (Fsp3) is 0.316. The highest BCUT2D eigenvalue weighted by molar-refractivity contribution is 5.76. The van der Waals surface area contributed by atoms with E-state index in [-0.39, 0.29) is 5.41 Å². The van der Waals surface area contributed by atoms with Crippen molar-refractivity contribution in [3.05, 3.63) is 54.2 Å². The van der Waals surface area contributed by atoms with E-state index < -0.39 is 0 Å². The number of anilines is 1. The number of benzene rings is 1.